The van der Waals surface area contributed by atoms with Crippen molar-refractivity contribution in [1.82, 2.24) is 4.57 Å². The number of aliphatic imine (C=N–C) groups is 1. The highest BCUT2D eigenvalue weighted by Crippen LogP contribution is 2.23. The van der Waals surface area contributed by atoms with Crippen molar-refractivity contribution in [3.63, 3.8) is 0 Å². The van der Waals surface area contributed by atoms with Crippen molar-refractivity contribution in [2.24, 2.45) is 4.99 Å². The Labute approximate surface area is 169 Å². The molecule has 6 nitrogen and oxygen atoms in total. The molecule has 0 bridgehead atoms. The first-order valence-corrected chi connectivity index (χ1v) is 9.16. The molecule has 1 aromatic heterocycles. The Balaban J connectivity index is 2.06. The Morgan fingerprint density at radius 2 is 1.54 bits per heavy atom. The normalized spacial score (nSPS) is 11.1. The van der Waals surface area contributed by atoms with Crippen LogP contribution >= 0.6 is 15.9 Å². The first-order valence-electron chi connectivity index (χ1n) is 8.37. The van der Waals surface area contributed by atoms with Crippen molar-refractivity contribution >= 4 is 39.8 Å². The van der Waals surface area contributed by atoms with Gasteiger partial charge in [-0.2, -0.15) is 0 Å². The number of carbonyl (C=O) groups is 2. The van der Waals surface area contributed by atoms with Gasteiger partial charge >= 0.3 is 11.9 Å². The predicted molar refractivity (Wildman–Crippen MR) is 111 cm³/mol. The van der Waals surface area contributed by atoms with Crippen LogP contribution < -0.4 is 0 Å². The monoisotopic (exact) mass is 440 g/mol. The molecule has 0 aliphatic carbocycles. The second-order valence-electron chi connectivity index (χ2n) is 6.28. The number of carboxylic acids is 2. The Bertz CT molecular complexity index is 1070. The molecular formula is C21H17BrN2O4. The summed E-state index contributed by atoms with van der Waals surface area (Å²) < 4.78 is 2.79. The number of aryl methyl sites for hydroxylation is 1. The summed E-state index contributed by atoms with van der Waals surface area (Å²) in [7, 11) is 0. The number of rotatable bonds is 5. The van der Waals surface area contributed by atoms with Crippen LogP contribution in [0.5, 0.6) is 0 Å². The van der Waals surface area contributed by atoms with E-state index in [0.29, 0.717) is 5.69 Å². The molecule has 0 unspecified atom stereocenters. The number of aromatic nitrogens is 1. The van der Waals surface area contributed by atoms with E-state index < -0.39 is 11.9 Å². The third-order valence-electron chi connectivity index (χ3n) is 4.32. The van der Waals surface area contributed by atoms with E-state index in [1.54, 1.807) is 6.21 Å². The lowest BCUT2D eigenvalue weighted by Gasteiger charge is -2.12. The van der Waals surface area contributed by atoms with Crippen LogP contribution in [0.1, 0.15) is 37.7 Å². The number of nitrogens with zero attached hydrogens (tertiary/aromatic N) is 2. The van der Waals surface area contributed by atoms with Crippen molar-refractivity contribution in [1.29, 1.82) is 0 Å². The van der Waals surface area contributed by atoms with Gasteiger partial charge in [0.2, 0.25) is 0 Å². The number of aromatic carboxylic acids is 2. The Morgan fingerprint density at radius 1 is 0.964 bits per heavy atom. The van der Waals surface area contributed by atoms with Gasteiger partial charge in [0.05, 0.1) is 16.8 Å². The number of halogens is 1. The van der Waals surface area contributed by atoms with E-state index in [2.05, 4.69) is 20.9 Å². The SMILES string of the molecule is Cc1cc(C=Nc2ccc(Br)cc2)c(C)n1-c1cc(C(=O)O)cc(C(=O)O)c1. The van der Waals surface area contributed by atoms with Gasteiger partial charge in [-0.3, -0.25) is 4.99 Å². The maximum absolute atomic E-state index is 11.4. The smallest absolute Gasteiger partial charge is 0.335 e. The Morgan fingerprint density at radius 3 is 2.07 bits per heavy atom. The predicted octanol–water partition coefficient (Wildman–Crippen LogP) is 5.00. The quantitative estimate of drug-likeness (QED) is 0.545. The molecule has 1 heterocycles. The summed E-state index contributed by atoms with van der Waals surface area (Å²) in [6, 6.07) is 13.6. The fourth-order valence-corrected chi connectivity index (χ4v) is 3.24. The summed E-state index contributed by atoms with van der Waals surface area (Å²) in [5.41, 5.74) is 3.66. The Hall–Kier alpha value is -3.19. The highest BCUT2D eigenvalue weighted by atomic mass is 79.9. The molecule has 7 heteroatoms. The fourth-order valence-electron chi connectivity index (χ4n) is 2.97. The minimum Gasteiger partial charge on any atom is -0.478 e. The first kappa shape index (κ1) is 19.6. The lowest BCUT2D eigenvalue weighted by Crippen LogP contribution is -2.07. The molecule has 0 aliphatic heterocycles. The van der Waals surface area contributed by atoms with Gasteiger partial charge in [-0.25, -0.2) is 9.59 Å². The molecule has 2 N–H and O–H groups in total. The lowest BCUT2D eigenvalue weighted by atomic mass is 10.1. The molecule has 28 heavy (non-hydrogen) atoms. The Kier molecular flexibility index (Phi) is 5.46. The van der Waals surface area contributed by atoms with Crippen molar-refractivity contribution in [2.45, 2.75) is 13.8 Å². The van der Waals surface area contributed by atoms with Crippen LogP contribution in [0.2, 0.25) is 0 Å². The van der Waals surface area contributed by atoms with Gasteiger partial charge < -0.3 is 14.8 Å². The number of hydrogen-bond acceptors (Lipinski definition) is 3. The van der Waals surface area contributed by atoms with Crippen molar-refractivity contribution < 1.29 is 19.8 Å². The molecule has 0 atom stereocenters. The maximum Gasteiger partial charge on any atom is 0.335 e. The van der Waals surface area contributed by atoms with Crippen LogP contribution in [0.15, 0.2) is 58.0 Å². The summed E-state index contributed by atoms with van der Waals surface area (Å²) in [6.07, 6.45) is 1.74. The van der Waals surface area contributed by atoms with Gasteiger partial charge in [0.1, 0.15) is 0 Å². The van der Waals surface area contributed by atoms with E-state index in [1.165, 1.54) is 12.1 Å². The van der Waals surface area contributed by atoms with Gasteiger partial charge in [0.15, 0.2) is 0 Å². The number of hydrogen-bond donors (Lipinski definition) is 2. The zero-order valence-electron chi connectivity index (χ0n) is 15.2. The van der Waals surface area contributed by atoms with Gasteiger partial charge in [-0.15, -0.1) is 0 Å². The largest absolute Gasteiger partial charge is 0.478 e. The summed E-state index contributed by atoms with van der Waals surface area (Å²) in [5, 5.41) is 18.6. The second kappa shape index (κ2) is 7.82. The minimum absolute atomic E-state index is 0.0764. The molecule has 142 valence electrons. The van der Waals surface area contributed by atoms with Crippen LogP contribution in [0, 0.1) is 13.8 Å². The van der Waals surface area contributed by atoms with Crippen LogP contribution in [0.3, 0.4) is 0 Å². The maximum atomic E-state index is 11.4. The highest BCUT2D eigenvalue weighted by Gasteiger charge is 2.15. The summed E-state index contributed by atoms with van der Waals surface area (Å²) in [6.45, 7) is 3.75. The molecule has 0 saturated heterocycles. The van der Waals surface area contributed by atoms with Crippen LogP contribution in [0.25, 0.3) is 5.69 Å². The first-order chi connectivity index (χ1) is 13.3. The molecule has 0 spiro atoms. The van der Waals surface area contributed by atoms with Gasteiger partial charge in [-0.1, -0.05) is 15.9 Å². The zero-order valence-corrected chi connectivity index (χ0v) is 16.8. The molecule has 3 aromatic rings. The van der Waals surface area contributed by atoms with Crippen LogP contribution in [0.4, 0.5) is 5.69 Å². The van der Waals surface area contributed by atoms with Gasteiger partial charge in [0, 0.05) is 33.3 Å². The van der Waals surface area contributed by atoms with Gasteiger partial charge in [0.25, 0.3) is 0 Å². The third kappa shape index (κ3) is 4.04. The van der Waals surface area contributed by atoms with E-state index in [-0.39, 0.29) is 11.1 Å². The van der Waals surface area contributed by atoms with Crippen LogP contribution in [-0.4, -0.2) is 32.9 Å². The van der Waals surface area contributed by atoms with Gasteiger partial charge in [-0.05, 0) is 62.4 Å². The van der Waals surface area contributed by atoms with Crippen LogP contribution in [-0.2, 0) is 0 Å². The summed E-state index contributed by atoms with van der Waals surface area (Å²) >= 11 is 3.38. The van der Waals surface area contributed by atoms with E-state index in [0.717, 1.165) is 33.2 Å². The van der Waals surface area contributed by atoms with E-state index in [4.69, 9.17) is 0 Å². The average Bonchev–Trinajstić information content (AvgIpc) is 2.94. The molecule has 0 aliphatic rings. The average molecular weight is 441 g/mol. The molecule has 0 saturated carbocycles. The molecular weight excluding hydrogens is 424 g/mol. The summed E-state index contributed by atoms with van der Waals surface area (Å²) in [4.78, 5) is 27.3. The molecule has 0 radical (unpaired) electrons. The standard InChI is InChI=1S/C21H17BrN2O4/c1-12-7-16(11-23-18-5-3-17(22)4-6-18)13(2)24(12)19-9-14(20(25)26)8-15(10-19)21(27)28/h3-11H,1-2H3,(H,25,26)(H,27,28). The molecule has 2 aromatic carbocycles. The molecule has 0 amide bonds. The van der Waals surface area contributed by atoms with Crippen molar-refractivity contribution in [2.75, 3.05) is 0 Å². The van der Waals surface area contributed by atoms with E-state index >= 15 is 0 Å². The molecule has 0 fully saturated rings. The fraction of sp³-hybridized carbons (Fsp3) is 0.0952. The second-order valence-corrected chi connectivity index (χ2v) is 7.19. The summed E-state index contributed by atoms with van der Waals surface area (Å²) in [5.74, 6) is -2.35. The highest BCUT2D eigenvalue weighted by molar-refractivity contribution is 9.10. The topological polar surface area (TPSA) is 91.9 Å². The third-order valence-corrected chi connectivity index (χ3v) is 4.85. The number of carboxylic acid groups (broad SMARTS) is 2. The zero-order chi connectivity index (χ0) is 20.4. The lowest BCUT2D eigenvalue weighted by molar-refractivity contribution is 0.0696. The van der Waals surface area contributed by atoms with E-state index in [9.17, 15) is 19.8 Å². The minimum atomic E-state index is -1.18. The van der Waals surface area contributed by atoms with Crippen molar-refractivity contribution in [3.05, 3.63) is 81.1 Å². The molecule has 3 rings (SSSR count). The number of benzene rings is 2. The van der Waals surface area contributed by atoms with Crippen molar-refractivity contribution in [3.8, 4) is 5.69 Å². The van der Waals surface area contributed by atoms with E-state index in [1.807, 2.05) is 48.7 Å².